The van der Waals surface area contributed by atoms with Crippen molar-refractivity contribution in [3.05, 3.63) is 143 Å². The molecule has 4 saturated heterocycles. The van der Waals surface area contributed by atoms with Crippen molar-refractivity contribution in [2.24, 2.45) is 11.8 Å². The van der Waals surface area contributed by atoms with Crippen LogP contribution in [0.15, 0.2) is 110 Å². The predicted molar refractivity (Wildman–Crippen MR) is 369 cm³/mol. The van der Waals surface area contributed by atoms with E-state index in [1.54, 1.807) is 36.7 Å². The van der Waals surface area contributed by atoms with Crippen molar-refractivity contribution in [2.45, 2.75) is 72.6 Å². The quantitative estimate of drug-likeness (QED) is 0.103. The molecule has 21 nitrogen and oxygen atoms in total. The summed E-state index contributed by atoms with van der Waals surface area (Å²) in [7, 11) is 2.82. The van der Waals surface area contributed by atoms with Gasteiger partial charge in [-0.05, 0) is 137 Å². The first-order chi connectivity index (χ1) is 45.7. The lowest BCUT2D eigenvalue weighted by atomic mass is 9.94. The minimum Gasteiger partial charge on any atom is -0.481 e. The smallest absolute Gasteiger partial charge is 0.306 e. The zero-order valence-corrected chi connectivity index (χ0v) is 54.7. The predicted octanol–water partition coefficient (Wildman–Crippen LogP) is 12.9. The molecule has 10 aromatic rings. The first-order valence-corrected chi connectivity index (χ1v) is 32.4. The number of carbonyl (C=O) groups excluding carboxylic acids is 1. The Morgan fingerprint density at radius 2 is 0.979 bits per heavy atom. The molecule has 4 aliphatic rings. The Labute approximate surface area is 565 Å². The molecule has 27 heteroatoms. The molecule has 1 amide bonds. The zero-order valence-electron chi connectivity index (χ0n) is 53.3. The SMILES string of the molecule is C.C1CNC1.CCc1nc2ccc(-c3cnc(N4CCC(C(=O)N5CCC5)CC4)nc3)cn2c1N(C)c1nc(-c2ccc(F)cc2)c(C#N)s1.CCc1nc2ccc(-c3cnc(N4CCC(C(=O)O)CC4)nc3)cn2c1N(C)c1nc(-c2ccc(F)cc2)c(C#N)s1.Cl.[2H]CF. The van der Waals surface area contributed by atoms with Gasteiger partial charge in [0.25, 0.3) is 0 Å². The summed E-state index contributed by atoms with van der Waals surface area (Å²) in [4.78, 5) is 72.7. The maximum Gasteiger partial charge on any atom is 0.306 e. The normalized spacial score (nSPS) is 14.5. The number of pyridine rings is 2. The molecule has 14 rings (SSSR count). The minimum atomic E-state index is -1.00. The number of alkyl halides is 1. The van der Waals surface area contributed by atoms with E-state index in [4.69, 9.17) is 31.3 Å². The molecule has 0 bridgehead atoms. The van der Waals surface area contributed by atoms with E-state index in [9.17, 15) is 38.4 Å². The van der Waals surface area contributed by atoms with Gasteiger partial charge in [0, 0.05) is 130 Å². The lowest BCUT2D eigenvalue weighted by Crippen LogP contribution is -2.48. The van der Waals surface area contributed by atoms with Gasteiger partial charge in [-0.3, -0.25) is 22.8 Å². The number of aromatic nitrogens is 10. The molecule has 0 unspecified atom stereocenters. The van der Waals surface area contributed by atoms with Crippen molar-refractivity contribution >= 4 is 92.0 Å². The van der Waals surface area contributed by atoms with Crippen LogP contribution in [0.5, 0.6) is 0 Å². The van der Waals surface area contributed by atoms with Gasteiger partial charge in [0.1, 0.15) is 67.8 Å². The van der Waals surface area contributed by atoms with Gasteiger partial charge in [0.05, 0.1) is 25.8 Å². The summed E-state index contributed by atoms with van der Waals surface area (Å²) < 4.78 is 46.6. The number of hydrogen-bond acceptors (Lipinski definition) is 19. The number of thiazole rings is 2. The number of likely N-dealkylation sites (tertiary alicyclic amines) is 1. The number of carbonyl (C=O) groups is 2. The molecule has 494 valence electrons. The third kappa shape index (κ3) is 15.2. The van der Waals surface area contributed by atoms with E-state index in [1.165, 1.54) is 66.4 Å². The summed E-state index contributed by atoms with van der Waals surface area (Å²) >= 11 is 2.56. The maximum atomic E-state index is 13.5. The largest absolute Gasteiger partial charge is 0.481 e. The maximum absolute atomic E-state index is 13.5. The number of halogens is 4. The van der Waals surface area contributed by atoms with Crippen molar-refractivity contribution in [2.75, 3.05) is 93.2 Å². The Morgan fingerprint density at radius 3 is 1.31 bits per heavy atom. The molecular formula is C68H74ClF3N18O3S2. The van der Waals surface area contributed by atoms with Gasteiger partial charge in [-0.15, -0.1) is 12.4 Å². The van der Waals surface area contributed by atoms with Crippen LogP contribution in [-0.4, -0.2) is 144 Å². The molecule has 12 heterocycles. The Balaban J connectivity index is 0.000000201. The highest BCUT2D eigenvalue weighted by atomic mass is 35.5. The number of piperidine rings is 2. The number of nitrogens with zero attached hydrogens (tertiary/aromatic N) is 17. The third-order valence-corrected chi connectivity index (χ3v) is 19.0. The van der Waals surface area contributed by atoms with Crippen LogP contribution in [0.4, 0.5) is 47.0 Å². The average molecular weight is 1350 g/mol. The van der Waals surface area contributed by atoms with Crippen LogP contribution in [0.3, 0.4) is 0 Å². The lowest BCUT2D eigenvalue weighted by molar-refractivity contribution is -0.142. The Bertz CT molecular complexity index is 4360. The second-order valence-electron chi connectivity index (χ2n) is 22.7. The number of nitriles is 2. The number of carboxylic acid groups (broad SMARTS) is 1. The highest BCUT2D eigenvalue weighted by Crippen LogP contribution is 2.40. The first kappa shape index (κ1) is 68.3. The molecule has 2 N–H and O–H groups in total. The highest BCUT2D eigenvalue weighted by Gasteiger charge is 2.32. The second-order valence-corrected chi connectivity index (χ2v) is 24.6. The Morgan fingerprint density at radius 1 is 0.611 bits per heavy atom. The number of nitrogens with one attached hydrogen (secondary N) is 1. The molecule has 0 atom stereocenters. The third-order valence-electron chi connectivity index (χ3n) is 16.9. The van der Waals surface area contributed by atoms with Gasteiger partial charge >= 0.3 is 5.97 Å². The van der Waals surface area contributed by atoms with Gasteiger partial charge in [0.15, 0.2) is 10.3 Å². The molecule has 0 aliphatic carbocycles. The van der Waals surface area contributed by atoms with Crippen LogP contribution in [0.2, 0.25) is 0 Å². The van der Waals surface area contributed by atoms with E-state index >= 15 is 0 Å². The monoisotopic (exact) mass is 1350 g/mol. The van der Waals surface area contributed by atoms with Crippen molar-refractivity contribution in [3.8, 4) is 56.9 Å². The number of carboxylic acids is 1. The van der Waals surface area contributed by atoms with E-state index in [-0.39, 0.29) is 43.3 Å². The van der Waals surface area contributed by atoms with Crippen LogP contribution in [0.25, 0.3) is 56.1 Å². The number of amides is 1. The van der Waals surface area contributed by atoms with Crippen LogP contribution >= 0.6 is 35.1 Å². The van der Waals surface area contributed by atoms with E-state index < -0.39 is 13.1 Å². The fraction of sp³-hybridized carbons (Fsp3) is 0.353. The molecular weight excluding hydrogens is 1270 g/mol. The summed E-state index contributed by atoms with van der Waals surface area (Å²) in [6, 6.07) is 24.4. The number of benzene rings is 2. The van der Waals surface area contributed by atoms with Crippen LogP contribution in [0, 0.1) is 46.1 Å². The Hall–Kier alpha value is -9.60. The van der Waals surface area contributed by atoms with E-state index in [0.29, 0.717) is 99.1 Å². The van der Waals surface area contributed by atoms with Crippen molar-refractivity contribution in [1.29, 1.82) is 10.5 Å². The highest BCUT2D eigenvalue weighted by molar-refractivity contribution is 7.17. The number of imidazole rings is 2. The van der Waals surface area contributed by atoms with Crippen molar-refractivity contribution in [3.63, 3.8) is 0 Å². The van der Waals surface area contributed by atoms with Gasteiger partial charge in [-0.1, -0.05) is 43.9 Å². The number of rotatable bonds is 14. The van der Waals surface area contributed by atoms with Crippen LogP contribution in [-0.2, 0) is 22.4 Å². The molecule has 4 fully saturated rings. The number of anilines is 6. The van der Waals surface area contributed by atoms with Crippen LogP contribution < -0.4 is 24.9 Å². The fourth-order valence-electron chi connectivity index (χ4n) is 11.4. The molecule has 0 radical (unpaired) electrons. The summed E-state index contributed by atoms with van der Waals surface area (Å²) in [5.74, 6) is 1.62. The van der Waals surface area contributed by atoms with Gasteiger partial charge in [0.2, 0.25) is 17.8 Å². The lowest BCUT2D eigenvalue weighted by Gasteiger charge is -2.37. The summed E-state index contributed by atoms with van der Waals surface area (Å²) in [6.07, 6.45) is 18.0. The minimum absolute atomic E-state index is 0. The van der Waals surface area contributed by atoms with Crippen molar-refractivity contribution < 1.29 is 29.2 Å². The Kier molecular flexibility index (Phi) is 22.7. The summed E-state index contributed by atoms with van der Waals surface area (Å²) in [5.41, 5.74) is 9.30. The van der Waals surface area contributed by atoms with E-state index in [2.05, 4.69) is 39.2 Å². The number of aliphatic carboxylic acids is 1. The number of hydrogen-bond donors (Lipinski definition) is 2. The van der Waals surface area contributed by atoms with Gasteiger partial charge < -0.3 is 34.9 Å². The molecule has 2 aromatic carbocycles. The standard InChI is InChI=1S/C33H32FN9OS.C30H27FN8O2S.C3H7N.CH3F.CH4.ClH/c1-3-26-30(40(2)33-39-29(27(17-35)45-33)21-5-8-25(34)9-6-21)43-20-23(7-10-28(43)38-26)24-18-36-32(37-19-24)42-15-11-22(12-16-42)31(44)41-13-4-14-41;1-3-23-27(37(2)30-36-26(24(14-32)42-30)18-4-7-22(31)8-5-18)39-17-20(6-9-25(39)35-23)21-15-33-29(34-16-21)38-12-10-19(11-13-38)28(40)41;1-2-4-3-1;1-2;;/h5-10,18-20,22H,3-4,11-16H2,1-2H3;4-9,15-17,19H,3,10-13H2,1-2H3,(H,40,41);4H,1-3H2;1H3;1H4;1H/i;;;1D;;. The van der Waals surface area contributed by atoms with Crippen LogP contribution in [0.1, 0.15) is 82.3 Å². The topological polar surface area (TPSA) is 242 Å². The molecule has 95 heavy (non-hydrogen) atoms. The fourth-order valence-corrected chi connectivity index (χ4v) is 13.1. The average Bonchev–Trinajstić information content (AvgIpc) is 1.62. The van der Waals surface area contributed by atoms with E-state index in [1.807, 2.05) is 98.5 Å². The molecule has 4 aliphatic heterocycles. The number of aryl methyl sites for hydroxylation is 2. The molecule has 0 saturated carbocycles. The molecule has 8 aromatic heterocycles. The zero-order chi connectivity index (χ0) is 66.0. The molecule has 0 spiro atoms. The van der Waals surface area contributed by atoms with Gasteiger partial charge in [-0.25, -0.2) is 48.7 Å². The van der Waals surface area contributed by atoms with E-state index in [0.717, 1.165) is 102 Å². The van der Waals surface area contributed by atoms with Gasteiger partial charge in [-0.2, -0.15) is 10.5 Å². The van der Waals surface area contributed by atoms with Crippen molar-refractivity contribution in [1.82, 2.24) is 58.9 Å². The summed E-state index contributed by atoms with van der Waals surface area (Å²) in [6.45, 7) is 11.2. The first-order valence-electron chi connectivity index (χ1n) is 31.5. The second kappa shape index (κ2) is 31.6. The summed E-state index contributed by atoms with van der Waals surface area (Å²) in [5, 5.41) is 33.3. The number of fused-ring (bicyclic) bond motifs is 2.